The lowest BCUT2D eigenvalue weighted by atomic mass is 10.1. The van der Waals surface area contributed by atoms with Crippen molar-refractivity contribution in [1.29, 1.82) is 0 Å². The van der Waals surface area contributed by atoms with E-state index in [4.69, 9.17) is 0 Å². The number of aryl methyl sites for hydroxylation is 1. The number of hydrogen-bond acceptors (Lipinski definition) is 6. The van der Waals surface area contributed by atoms with Crippen LogP contribution in [0.5, 0.6) is 0 Å². The summed E-state index contributed by atoms with van der Waals surface area (Å²) >= 11 is 0. The first-order valence-electron chi connectivity index (χ1n) is 8.00. The van der Waals surface area contributed by atoms with Crippen LogP contribution in [0.4, 0.5) is 19.0 Å². The van der Waals surface area contributed by atoms with Gasteiger partial charge in [0.1, 0.15) is 0 Å². The highest BCUT2D eigenvalue weighted by molar-refractivity contribution is 7.88. The van der Waals surface area contributed by atoms with E-state index in [1.54, 1.807) is 13.8 Å². The molecule has 0 aromatic carbocycles. The third kappa shape index (κ3) is 3.34. The van der Waals surface area contributed by atoms with Crippen molar-refractivity contribution in [3.8, 4) is 0 Å². The molecule has 2 aromatic heterocycles. The van der Waals surface area contributed by atoms with Crippen LogP contribution < -0.4 is 4.90 Å². The van der Waals surface area contributed by atoms with Gasteiger partial charge in [-0.3, -0.25) is 0 Å². The number of fused-ring (bicyclic) bond motifs is 1. The molecule has 1 aliphatic heterocycles. The summed E-state index contributed by atoms with van der Waals surface area (Å²) in [5.41, 5.74) is 1.32. The summed E-state index contributed by atoms with van der Waals surface area (Å²) in [6.07, 6.45) is -2.97. The van der Waals surface area contributed by atoms with Gasteiger partial charge < -0.3 is 4.90 Å². The lowest BCUT2D eigenvalue weighted by molar-refractivity contribution is -0.146. The van der Waals surface area contributed by atoms with Crippen LogP contribution in [0.15, 0.2) is 0 Å². The normalized spacial score (nSPS) is 17.7. The van der Waals surface area contributed by atoms with Crippen LogP contribution in [-0.4, -0.2) is 65.0 Å². The molecule has 3 heterocycles. The van der Waals surface area contributed by atoms with E-state index in [2.05, 4.69) is 15.3 Å². The molecule has 1 saturated heterocycles. The van der Waals surface area contributed by atoms with Crippen LogP contribution in [0, 0.1) is 13.8 Å². The molecule has 0 N–H and O–H groups in total. The Morgan fingerprint density at radius 2 is 1.69 bits per heavy atom. The molecule has 1 fully saturated rings. The van der Waals surface area contributed by atoms with Gasteiger partial charge in [0.05, 0.1) is 6.26 Å². The topological polar surface area (TPSA) is 83.7 Å². The second kappa shape index (κ2) is 6.34. The maximum absolute atomic E-state index is 13.2. The van der Waals surface area contributed by atoms with E-state index in [0.717, 1.165) is 10.8 Å². The van der Waals surface area contributed by atoms with E-state index in [0.29, 0.717) is 43.0 Å². The van der Waals surface area contributed by atoms with Crippen LogP contribution in [0.1, 0.15) is 23.4 Å². The van der Waals surface area contributed by atoms with Gasteiger partial charge in [-0.1, -0.05) is 0 Å². The van der Waals surface area contributed by atoms with Gasteiger partial charge in [-0.15, -0.1) is 15.3 Å². The van der Waals surface area contributed by atoms with E-state index >= 15 is 0 Å². The van der Waals surface area contributed by atoms with E-state index in [1.165, 1.54) is 4.31 Å². The predicted molar refractivity (Wildman–Crippen MR) is 88.5 cm³/mol. The fourth-order valence-electron chi connectivity index (χ4n) is 3.03. The molecule has 144 valence electrons. The van der Waals surface area contributed by atoms with E-state index < -0.39 is 22.0 Å². The summed E-state index contributed by atoms with van der Waals surface area (Å²) in [6.45, 7) is 4.90. The zero-order valence-corrected chi connectivity index (χ0v) is 15.4. The van der Waals surface area contributed by atoms with Crippen molar-refractivity contribution >= 4 is 21.5 Å². The Hall–Kier alpha value is -1.95. The predicted octanol–water partition coefficient (Wildman–Crippen LogP) is 1.23. The summed E-state index contributed by atoms with van der Waals surface area (Å²) in [7, 11) is -3.31. The highest BCUT2D eigenvalue weighted by Gasteiger charge is 2.38. The summed E-state index contributed by atoms with van der Waals surface area (Å²) in [5, 5.41) is 11.0. The van der Waals surface area contributed by atoms with Crippen molar-refractivity contribution in [3.05, 3.63) is 17.0 Å². The third-order valence-electron chi connectivity index (χ3n) is 4.55. The molecule has 0 saturated carbocycles. The molecule has 0 bridgehead atoms. The quantitative estimate of drug-likeness (QED) is 0.765. The molecule has 1 aliphatic rings. The minimum Gasteiger partial charge on any atom is -0.354 e. The van der Waals surface area contributed by atoms with Gasteiger partial charge in [-0.25, -0.2) is 12.7 Å². The maximum atomic E-state index is 13.2. The molecule has 0 atom stereocenters. The number of aromatic nitrogens is 4. The van der Waals surface area contributed by atoms with E-state index in [-0.39, 0.29) is 12.2 Å². The van der Waals surface area contributed by atoms with Gasteiger partial charge in [0, 0.05) is 37.3 Å². The molecule has 2 aromatic rings. The van der Waals surface area contributed by atoms with Crippen molar-refractivity contribution in [2.45, 2.75) is 26.4 Å². The van der Waals surface area contributed by atoms with Crippen molar-refractivity contribution in [2.75, 3.05) is 37.3 Å². The first kappa shape index (κ1) is 18.8. The van der Waals surface area contributed by atoms with Crippen LogP contribution in [0.25, 0.3) is 5.65 Å². The summed E-state index contributed by atoms with van der Waals surface area (Å²) in [4.78, 5) is 1.81. The molecule has 3 rings (SSSR count). The van der Waals surface area contributed by atoms with Crippen molar-refractivity contribution in [1.82, 2.24) is 24.1 Å². The lowest BCUT2D eigenvalue weighted by Crippen LogP contribution is -2.35. The first-order chi connectivity index (χ1) is 12.0. The minimum atomic E-state index is -4.67. The largest absolute Gasteiger partial charge is 0.453 e. The summed E-state index contributed by atoms with van der Waals surface area (Å²) in [6, 6.07) is 0. The molecule has 26 heavy (non-hydrogen) atoms. The van der Waals surface area contributed by atoms with Gasteiger partial charge in [-0.05, 0) is 20.3 Å². The average molecular weight is 392 g/mol. The highest BCUT2D eigenvalue weighted by Crippen LogP contribution is 2.30. The minimum absolute atomic E-state index is 0.0613. The number of anilines is 1. The van der Waals surface area contributed by atoms with Crippen molar-refractivity contribution in [3.63, 3.8) is 0 Å². The Morgan fingerprint density at radius 1 is 1.00 bits per heavy atom. The van der Waals surface area contributed by atoms with Gasteiger partial charge in [0.25, 0.3) is 5.82 Å². The summed E-state index contributed by atoms with van der Waals surface area (Å²) in [5.74, 6) is -0.792. The van der Waals surface area contributed by atoms with Gasteiger partial charge >= 0.3 is 6.18 Å². The molecule has 0 unspecified atom stereocenters. The zero-order chi connectivity index (χ0) is 19.3. The van der Waals surface area contributed by atoms with E-state index in [9.17, 15) is 21.6 Å². The SMILES string of the molecule is Cc1c(N2CCCN(S(C)(=O)=O)CC2)nn2c(C(F)(F)F)nnc2c1C. The van der Waals surface area contributed by atoms with Gasteiger partial charge in [0.15, 0.2) is 11.5 Å². The molecule has 0 aliphatic carbocycles. The van der Waals surface area contributed by atoms with Crippen molar-refractivity contribution < 1.29 is 21.6 Å². The highest BCUT2D eigenvalue weighted by atomic mass is 32.2. The Balaban J connectivity index is 2.03. The van der Waals surface area contributed by atoms with E-state index in [1.807, 2.05) is 4.90 Å². The number of rotatable bonds is 2. The standard InChI is InChI=1S/C14H19F3N6O2S/c1-9-10(2)12(20-23-11(9)18-19-13(23)14(15,16)17)21-5-4-6-22(8-7-21)26(3,24)25/h4-8H2,1-3H3. The molecule has 12 heteroatoms. The second-order valence-corrected chi connectivity index (χ2v) is 8.32. The lowest BCUT2D eigenvalue weighted by Gasteiger charge is -2.24. The molecular formula is C14H19F3N6O2S. The van der Waals surface area contributed by atoms with Crippen molar-refractivity contribution in [2.24, 2.45) is 0 Å². The number of sulfonamides is 1. The Kier molecular flexibility index (Phi) is 4.59. The molecule has 0 spiro atoms. The number of nitrogens with zero attached hydrogens (tertiary/aromatic N) is 6. The fraction of sp³-hybridized carbons (Fsp3) is 0.643. The Bertz CT molecular complexity index is 940. The third-order valence-corrected chi connectivity index (χ3v) is 5.85. The molecule has 8 nitrogen and oxygen atoms in total. The number of halogens is 3. The van der Waals surface area contributed by atoms with Crippen LogP contribution in [0.3, 0.4) is 0 Å². The summed E-state index contributed by atoms with van der Waals surface area (Å²) < 4.78 is 65.0. The van der Waals surface area contributed by atoms with Gasteiger partial charge in [-0.2, -0.15) is 17.7 Å². The molecular weight excluding hydrogens is 373 g/mol. The average Bonchev–Trinajstić information content (AvgIpc) is 2.79. The maximum Gasteiger partial charge on any atom is 0.453 e. The van der Waals surface area contributed by atoms with Crippen LogP contribution in [-0.2, 0) is 16.2 Å². The number of alkyl halides is 3. The number of hydrogen-bond donors (Lipinski definition) is 0. The second-order valence-electron chi connectivity index (χ2n) is 6.33. The Morgan fingerprint density at radius 3 is 2.31 bits per heavy atom. The zero-order valence-electron chi connectivity index (χ0n) is 14.6. The van der Waals surface area contributed by atoms with Crippen LogP contribution >= 0.6 is 0 Å². The Labute approximate surface area is 148 Å². The van der Waals surface area contributed by atoms with Gasteiger partial charge in [0.2, 0.25) is 10.0 Å². The smallest absolute Gasteiger partial charge is 0.354 e. The first-order valence-corrected chi connectivity index (χ1v) is 9.85. The molecule has 0 amide bonds. The fourth-order valence-corrected chi connectivity index (χ4v) is 3.90. The molecule has 0 radical (unpaired) electrons. The van der Waals surface area contributed by atoms with Crippen LogP contribution in [0.2, 0.25) is 0 Å². The monoisotopic (exact) mass is 392 g/mol.